The van der Waals surface area contributed by atoms with Gasteiger partial charge in [0.25, 0.3) is 0 Å². The largest absolute Gasteiger partial charge is 0.301 e. The summed E-state index contributed by atoms with van der Waals surface area (Å²) >= 11 is 0. The molecule has 0 rings (SSSR count). The summed E-state index contributed by atoms with van der Waals surface area (Å²) in [5, 5.41) is 9.76. The van der Waals surface area contributed by atoms with Crippen molar-refractivity contribution in [1.29, 1.82) is 0 Å². The summed E-state index contributed by atoms with van der Waals surface area (Å²) in [6.45, 7) is -0.332. The third-order valence-corrected chi connectivity index (χ3v) is 0.996. The van der Waals surface area contributed by atoms with Gasteiger partial charge in [-0.1, -0.05) is 0 Å². The minimum absolute atomic E-state index is 0.201. The van der Waals surface area contributed by atoms with E-state index in [4.69, 9.17) is 0 Å². The highest BCUT2D eigenvalue weighted by atomic mass is 19.3. The molecule has 0 bridgehead atoms. The van der Waals surface area contributed by atoms with Crippen LogP contribution in [0.15, 0.2) is 11.9 Å². The number of rotatable bonds is 4. The normalized spacial score (nSPS) is 9.60. The van der Waals surface area contributed by atoms with Crippen LogP contribution < -0.4 is 0 Å². The van der Waals surface area contributed by atoms with Crippen molar-refractivity contribution in [3.8, 4) is 0 Å². The molecular formula is C6H8F3O. The molecule has 0 aromatic heterocycles. The molecule has 0 aliphatic carbocycles. The Bertz CT molecular complexity index is 118. The summed E-state index contributed by atoms with van der Waals surface area (Å²) in [7, 11) is 0. The fourth-order valence-corrected chi connectivity index (χ4v) is 0.477. The van der Waals surface area contributed by atoms with Gasteiger partial charge in [-0.15, -0.1) is 0 Å². The highest BCUT2D eigenvalue weighted by molar-refractivity contribution is 4.90. The maximum Gasteiger partial charge on any atom is 0.301 e. The summed E-state index contributed by atoms with van der Waals surface area (Å²) < 4.78 is 34.4. The molecule has 0 spiro atoms. The smallest absolute Gasteiger partial charge is 0.237 e. The highest BCUT2D eigenvalue weighted by Crippen LogP contribution is 2.15. The number of hydrogen-bond donors (Lipinski definition) is 0. The first kappa shape index (κ1) is 9.49. The molecule has 1 nitrogen and oxygen atoms in total. The van der Waals surface area contributed by atoms with Gasteiger partial charge in [-0.05, 0) is 12.8 Å². The minimum Gasteiger partial charge on any atom is -0.237 e. The lowest BCUT2D eigenvalue weighted by atomic mass is 10.2. The molecule has 0 amide bonds. The van der Waals surface area contributed by atoms with Gasteiger partial charge in [-0.25, -0.2) is 9.50 Å². The molecule has 0 unspecified atom stereocenters. The van der Waals surface area contributed by atoms with Crippen LogP contribution in [0.4, 0.5) is 13.2 Å². The quantitative estimate of drug-likeness (QED) is 0.553. The van der Waals surface area contributed by atoms with Gasteiger partial charge in [0.1, 0.15) is 0 Å². The molecule has 59 valence electrons. The van der Waals surface area contributed by atoms with E-state index in [0.717, 1.165) is 0 Å². The Morgan fingerprint density at radius 2 is 1.70 bits per heavy atom. The number of unbranched alkanes of at least 4 members (excludes halogenated alkanes) is 1. The van der Waals surface area contributed by atoms with Crippen LogP contribution in [0.2, 0.25) is 0 Å². The van der Waals surface area contributed by atoms with Gasteiger partial charge in [0.05, 0.1) is 6.61 Å². The molecule has 0 atom stereocenters. The van der Waals surface area contributed by atoms with Gasteiger partial charge >= 0.3 is 6.08 Å². The summed E-state index contributed by atoms with van der Waals surface area (Å²) in [5.74, 6) is -1.39. The van der Waals surface area contributed by atoms with E-state index in [2.05, 4.69) is 0 Å². The number of hydrogen-bond acceptors (Lipinski definition) is 0. The fraction of sp³-hybridized carbons (Fsp3) is 0.667. The van der Waals surface area contributed by atoms with Crippen LogP contribution in [-0.4, -0.2) is 6.61 Å². The monoisotopic (exact) mass is 153 g/mol. The zero-order valence-corrected chi connectivity index (χ0v) is 5.37. The predicted molar refractivity (Wildman–Crippen MR) is 29.8 cm³/mol. The third kappa shape index (κ3) is 4.38. The summed E-state index contributed by atoms with van der Waals surface area (Å²) in [4.78, 5) is 0. The average molecular weight is 153 g/mol. The minimum atomic E-state index is -2.27. The number of allylic oxidation sites excluding steroid dienone is 1. The third-order valence-electron chi connectivity index (χ3n) is 0.996. The maximum absolute atomic E-state index is 11.9. The van der Waals surface area contributed by atoms with Crippen LogP contribution in [0.25, 0.3) is 0 Å². The standard InChI is InChI=1S/C6H8F3O/c7-5(6(8)9)3-1-2-4-10/h1-4H2. The molecule has 0 saturated carbocycles. The van der Waals surface area contributed by atoms with Crippen molar-refractivity contribution in [2.24, 2.45) is 0 Å². The van der Waals surface area contributed by atoms with Gasteiger partial charge in [-0.2, -0.15) is 8.78 Å². The Morgan fingerprint density at radius 3 is 2.10 bits per heavy atom. The predicted octanol–water partition coefficient (Wildman–Crippen LogP) is 2.66. The Morgan fingerprint density at radius 1 is 1.10 bits per heavy atom. The van der Waals surface area contributed by atoms with Crippen LogP contribution in [0.3, 0.4) is 0 Å². The van der Waals surface area contributed by atoms with Gasteiger partial charge in [-0.3, -0.25) is 0 Å². The van der Waals surface area contributed by atoms with E-state index in [1.165, 1.54) is 0 Å². The molecule has 10 heavy (non-hydrogen) atoms. The second-order valence-corrected chi connectivity index (χ2v) is 1.83. The fourth-order valence-electron chi connectivity index (χ4n) is 0.477. The van der Waals surface area contributed by atoms with Crippen molar-refractivity contribution in [2.45, 2.75) is 19.3 Å². The van der Waals surface area contributed by atoms with Crippen molar-refractivity contribution in [3.63, 3.8) is 0 Å². The van der Waals surface area contributed by atoms with Crippen LogP contribution in [0.1, 0.15) is 19.3 Å². The second kappa shape index (κ2) is 5.29. The second-order valence-electron chi connectivity index (χ2n) is 1.83. The van der Waals surface area contributed by atoms with E-state index in [1.54, 1.807) is 0 Å². The summed E-state index contributed by atoms with van der Waals surface area (Å²) in [6, 6.07) is 0. The van der Waals surface area contributed by atoms with Crippen LogP contribution in [-0.2, 0) is 5.11 Å². The zero-order valence-electron chi connectivity index (χ0n) is 5.37. The lowest BCUT2D eigenvalue weighted by molar-refractivity contribution is 0.186. The van der Waals surface area contributed by atoms with Crippen molar-refractivity contribution in [3.05, 3.63) is 11.9 Å². The van der Waals surface area contributed by atoms with Crippen molar-refractivity contribution >= 4 is 0 Å². The van der Waals surface area contributed by atoms with E-state index < -0.39 is 11.9 Å². The van der Waals surface area contributed by atoms with Gasteiger partial charge in [0.15, 0.2) is 5.83 Å². The molecule has 0 saturated heterocycles. The lowest BCUT2D eigenvalue weighted by Crippen LogP contribution is -1.82. The van der Waals surface area contributed by atoms with Gasteiger partial charge in [0, 0.05) is 6.42 Å². The first-order valence-electron chi connectivity index (χ1n) is 2.96. The number of halogens is 3. The van der Waals surface area contributed by atoms with Crippen molar-refractivity contribution in [1.82, 2.24) is 0 Å². The first-order valence-corrected chi connectivity index (χ1v) is 2.96. The van der Waals surface area contributed by atoms with Gasteiger partial charge < -0.3 is 0 Å². The molecule has 0 aliphatic rings. The Kier molecular flexibility index (Phi) is 5.02. The molecule has 0 aliphatic heterocycles. The van der Waals surface area contributed by atoms with Crippen LogP contribution in [0, 0.1) is 0 Å². The van der Waals surface area contributed by atoms with E-state index in [-0.39, 0.29) is 25.9 Å². The van der Waals surface area contributed by atoms with E-state index in [9.17, 15) is 18.3 Å². The summed E-state index contributed by atoms with van der Waals surface area (Å²) in [5.41, 5.74) is 0. The van der Waals surface area contributed by atoms with E-state index >= 15 is 0 Å². The Labute approximate surface area is 57.2 Å². The molecular weight excluding hydrogens is 145 g/mol. The van der Waals surface area contributed by atoms with Crippen molar-refractivity contribution in [2.75, 3.05) is 6.61 Å². The molecule has 4 heteroatoms. The van der Waals surface area contributed by atoms with Crippen molar-refractivity contribution < 1.29 is 18.3 Å². The lowest BCUT2D eigenvalue weighted by Gasteiger charge is -1.92. The van der Waals surface area contributed by atoms with Crippen LogP contribution >= 0.6 is 0 Å². The topological polar surface area (TPSA) is 19.9 Å². The average Bonchev–Trinajstić information content (AvgIpc) is 1.88. The molecule has 0 heterocycles. The van der Waals surface area contributed by atoms with Crippen LogP contribution in [0.5, 0.6) is 0 Å². The maximum atomic E-state index is 11.9. The Hall–Kier alpha value is -0.510. The first-order chi connectivity index (χ1) is 4.68. The van der Waals surface area contributed by atoms with Gasteiger partial charge in [0.2, 0.25) is 0 Å². The molecule has 1 radical (unpaired) electrons. The molecule has 0 aromatic rings. The Balaban J connectivity index is 3.40. The SMILES string of the molecule is [O]CCCCC(F)=C(F)F. The summed E-state index contributed by atoms with van der Waals surface area (Å²) in [6.07, 6.45) is -2.14. The molecule has 0 fully saturated rings. The van der Waals surface area contributed by atoms with E-state index in [1.807, 2.05) is 0 Å². The van der Waals surface area contributed by atoms with E-state index in [0.29, 0.717) is 0 Å². The molecule has 0 aromatic carbocycles. The molecule has 0 N–H and O–H groups in total. The highest BCUT2D eigenvalue weighted by Gasteiger charge is 2.03. The zero-order chi connectivity index (χ0) is 7.98.